The van der Waals surface area contributed by atoms with Crippen molar-refractivity contribution in [2.24, 2.45) is 50.7 Å². The minimum absolute atomic E-state index is 0.166. The van der Waals surface area contributed by atoms with Crippen LogP contribution in [0.5, 0.6) is 0 Å². The first-order valence-electron chi connectivity index (χ1n) is 20.5. The molecule has 4 saturated carbocycles. The number of aliphatic hydroxyl groups excluding tert-OH is 8. The second kappa shape index (κ2) is 13.9. The van der Waals surface area contributed by atoms with Crippen LogP contribution in [0.4, 0.5) is 0 Å². The molecular weight excluding hydrogens is 716 g/mol. The lowest BCUT2D eigenvalue weighted by molar-refractivity contribution is -0.353. The average molecular weight is 783 g/mol. The van der Waals surface area contributed by atoms with Gasteiger partial charge >= 0.3 is 5.97 Å². The van der Waals surface area contributed by atoms with E-state index in [9.17, 15) is 46.0 Å². The fourth-order valence-corrected chi connectivity index (χ4v) is 13.5. The van der Waals surface area contributed by atoms with Gasteiger partial charge in [-0.3, -0.25) is 4.79 Å². The van der Waals surface area contributed by atoms with Crippen molar-refractivity contribution in [1.82, 2.24) is 0 Å². The van der Waals surface area contributed by atoms with E-state index in [1.807, 2.05) is 6.92 Å². The molecule has 55 heavy (non-hydrogen) atoms. The number of aliphatic hydroxyl groups is 9. The largest absolute Gasteiger partial charge is 0.432 e. The van der Waals surface area contributed by atoms with Crippen LogP contribution >= 0.6 is 0 Å². The molecule has 0 bridgehead atoms. The second-order valence-corrected chi connectivity index (χ2v) is 20.0. The zero-order chi connectivity index (χ0) is 40.4. The molecule has 2 saturated heterocycles. The Morgan fingerprint density at radius 1 is 0.836 bits per heavy atom. The predicted molar refractivity (Wildman–Crippen MR) is 194 cm³/mol. The van der Waals surface area contributed by atoms with Crippen LogP contribution in [0.25, 0.3) is 0 Å². The first-order valence-corrected chi connectivity index (χ1v) is 20.5. The zero-order valence-electron chi connectivity index (χ0n) is 33.4. The lowest BCUT2D eigenvalue weighted by Gasteiger charge is -2.72. The summed E-state index contributed by atoms with van der Waals surface area (Å²) in [7, 11) is 0. The maximum atomic E-state index is 15.0. The molecule has 5 aliphatic carbocycles. The van der Waals surface area contributed by atoms with Gasteiger partial charge < -0.3 is 64.9 Å². The molecule has 314 valence electrons. The van der Waals surface area contributed by atoms with Crippen LogP contribution in [0.3, 0.4) is 0 Å². The van der Waals surface area contributed by atoms with E-state index in [-0.39, 0.29) is 28.6 Å². The molecule has 14 heteroatoms. The Morgan fingerprint density at radius 2 is 1.53 bits per heavy atom. The van der Waals surface area contributed by atoms with Crippen LogP contribution in [0.15, 0.2) is 11.6 Å². The Kier molecular flexibility index (Phi) is 10.6. The summed E-state index contributed by atoms with van der Waals surface area (Å²) >= 11 is 0. The topological polar surface area (TPSA) is 236 Å². The molecule has 6 fully saturated rings. The summed E-state index contributed by atoms with van der Waals surface area (Å²) in [6, 6.07) is 0. The van der Waals surface area contributed by atoms with Gasteiger partial charge in [0.2, 0.25) is 6.29 Å². The molecule has 9 N–H and O–H groups in total. The van der Waals surface area contributed by atoms with E-state index in [0.717, 1.165) is 18.4 Å². The van der Waals surface area contributed by atoms with Crippen molar-refractivity contribution in [2.75, 3.05) is 13.2 Å². The monoisotopic (exact) mass is 782 g/mol. The lowest BCUT2D eigenvalue weighted by Crippen LogP contribution is -2.69. The fraction of sp³-hybridized carbons (Fsp3) is 0.927. The van der Waals surface area contributed by atoms with Gasteiger partial charge in [-0.1, -0.05) is 53.2 Å². The normalized spacial score (nSPS) is 56.2. The summed E-state index contributed by atoms with van der Waals surface area (Å²) in [5, 5.41) is 97.8. The van der Waals surface area contributed by atoms with Crippen molar-refractivity contribution < 1.29 is 69.7 Å². The summed E-state index contributed by atoms with van der Waals surface area (Å²) in [5.41, 5.74) is -2.95. The van der Waals surface area contributed by atoms with E-state index >= 15 is 4.79 Å². The molecule has 14 nitrogen and oxygen atoms in total. The van der Waals surface area contributed by atoms with E-state index in [1.165, 1.54) is 0 Å². The second-order valence-electron chi connectivity index (χ2n) is 20.0. The van der Waals surface area contributed by atoms with E-state index in [1.54, 1.807) is 6.92 Å². The van der Waals surface area contributed by atoms with Gasteiger partial charge in [0, 0.05) is 5.92 Å². The highest BCUT2D eigenvalue weighted by atomic mass is 16.8. The molecule has 0 unspecified atom stereocenters. The van der Waals surface area contributed by atoms with Gasteiger partial charge in [-0.2, -0.15) is 0 Å². The van der Waals surface area contributed by atoms with Crippen LogP contribution in [-0.2, 0) is 23.7 Å². The van der Waals surface area contributed by atoms with Crippen LogP contribution in [-0.4, -0.2) is 138 Å². The highest BCUT2D eigenvalue weighted by Gasteiger charge is 2.72. The smallest absolute Gasteiger partial charge is 0.315 e. The van der Waals surface area contributed by atoms with Crippen LogP contribution in [0, 0.1) is 50.7 Å². The van der Waals surface area contributed by atoms with Gasteiger partial charge in [-0.25, -0.2) is 0 Å². The number of fused-ring (bicyclic) bond motifs is 7. The van der Waals surface area contributed by atoms with Gasteiger partial charge in [0.1, 0.15) is 36.6 Å². The molecule has 2 heterocycles. The number of hydrogen-bond acceptors (Lipinski definition) is 14. The Morgan fingerprint density at radius 3 is 2.20 bits per heavy atom. The number of carbonyl (C=O) groups is 1. The molecule has 0 aromatic heterocycles. The van der Waals surface area contributed by atoms with Gasteiger partial charge in [-0.05, 0) is 97.7 Å². The molecule has 0 aromatic rings. The summed E-state index contributed by atoms with van der Waals surface area (Å²) in [4.78, 5) is 15.0. The Labute approximate surface area is 323 Å². The number of rotatable bonds is 5. The van der Waals surface area contributed by atoms with Crippen molar-refractivity contribution in [3.63, 3.8) is 0 Å². The fourth-order valence-electron chi connectivity index (χ4n) is 13.5. The molecule has 0 spiro atoms. The van der Waals surface area contributed by atoms with Crippen molar-refractivity contribution >= 4 is 5.97 Å². The molecule has 20 atom stereocenters. The minimum Gasteiger partial charge on any atom is -0.432 e. The number of esters is 1. The summed E-state index contributed by atoms with van der Waals surface area (Å²) < 4.78 is 23.3. The molecule has 0 aromatic carbocycles. The van der Waals surface area contributed by atoms with E-state index in [0.29, 0.717) is 38.5 Å². The summed E-state index contributed by atoms with van der Waals surface area (Å²) in [5.74, 6) is -1.13. The summed E-state index contributed by atoms with van der Waals surface area (Å²) in [6.07, 6.45) is -9.01. The lowest BCUT2D eigenvalue weighted by atomic mass is 9.33. The molecule has 0 radical (unpaired) electrons. The third kappa shape index (κ3) is 5.89. The SMILES string of the molecule is C[C@@H]1CC[C@]2(C(=O)O[C@@H]3O[C@H](CO)[C@@H](O)[C@H](O)[C@H]3O[C@@H]3OC[C@@H](O)[C@H](O)[C@H]3O)CC[C@]3(C)C(=CC[C@@H]4[C@@]5(C)C[C@@H](O)[C@@H](O)C(C)(C)[C@@H]5CC[C@]43C)[C@@H]2[C@]1(C)O. The van der Waals surface area contributed by atoms with Crippen molar-refractivity contribution in [3.05, 3.63) is 11.6 Å². The van der Waals surface area contributed by atoms with Crippen molar-refractivity contribution in [2.45, 2.75) is 173 Å². The zero-order valence-corrected chi connectivity index (χ0v) is 33.4. The van der Waals surface area contributed by atoms with Crippen LogP contribution in [0.1, 0.15) is 99.8 Å². The van der Waals surface area contributed by atoms with Crippen molar-refractivity contribution in [1.29, 1.82) is 0 Å². The van der Waals surface area contributed by atoms with Gasteiger partial charge in [-0.15, -0.1) is 0 Å². The molecular formula is C41H66O14. The number of ether oxygens (including phenoxy) is 4. The summed E-state index contributed by atoms with van der Waals surface area (Å²) in [6.45, 7) is 13.7. The van der Waals surface area contributed by atoms with Gasteiger partial charge in [0.25, 0.3) is 0 Å². The van der Waals surface area contributed by atoms with Crippen LogP contribution < -0.4 is 0 Å². The third-order valence-electron chi connectivity index (χ3n) is 17.2. The minimum atomic E-state index is -1.78. The van der Waals surface area contributed by atoms with Gasteiger partial charge in [0.15, 0.2) is 12.4 Å². The Hall–Kier alpha value is -1.27. The highest BCUT2D eigenvalue weighted by Crippen LogP contribution is 2.76. The van der Waals surface area contributed by atoms with E-state index in [2.05, 4.69) is 40.7 Å². The van der Waals surface area contributed by atoms with E-state index in [4.69, 9.17) is 18.9 Å². The maximum Gasteiger partial charge on any atom is 0.315 e. The maximum absolute atomic E-state index is 15.0. The standard InChI is InChI=1S/C41H66O14/c1-19-10-13-41(35(50)55-34-30(28(47)27(46)23(17-42)53-34)54-33-29(48)26(45)22(44)18-52-33)15-14-38(5)20(31(41)40(19,7)51)8-9-25-37(4)16-21(43)32(49)36(2,3)24(37)11-12-39(25,38)6/h8,19,21-34,42-49,51H,9-18H2,1-7H3/t19-,21-,22-,23-,24+,25-,26+,27-,28+,29-,30-,31-,32-,33+,34+,37+,38-,39-,40-,41+/m1/s1. The first-order chi connectivity index (χ1) is 25.5. The predicted octanol–water partition coefficient (Wildman–Crippen LogP) is 0.897. The van der Waals surface area contributed by atoms with Crippen molar-refractivity contribution in [3.8, 4) is 0 Å². The molecule has 2 aliphatic heterocycles. The van der Waals surface area contributed by atoms with E-state index < -0.39 is 114 Å². The highest BCUT2D eigenvalue weighted by molar-refractivity contribution is 5.79. The molecule has 7 rings (SSSR count). The molecule has 0 amide bonds. The number of carbonyl (C=O) groups excluding carboxylic acids is 1. The van der Waals surface area contributed by atoms with Gasteiger partial charge in [0.05, 0.1) is 36.4 Å². The molecule has 7 aliphatic rings. The average Bonchev–Trinajstić information content (AvgIpc) is 3.12. The van der Waals surface area contributed by atoms with Crippen LogP contribution in [0.2, 0.25) is 0 Å². The first kappa shape index (κ1) is 41.9. The third-order valence-corrected chi connectivity index (χ3v) is 17.2. The quantitative estimate of drug-likeness (QED) is 0.139. The Bertz CT molecular complexity index is 1500. The number of hydrogen-bond donors (Lipinski definition) is 9. The Balaban J connectivity index is 1.24. The number of allylic oxidation sites excluding steroid dienone is 1.